The lowest BCUT2D eigenvalue weighted by molar-refractivity contribution is 0.102. The molecule has 0 N–H and O–H groups in total. The molecule has 0 fully saturated rings. The first-order chi connectivity index (χ1) is 3.81. The van der Waals surface area contributed by atoms with Gasteiger partial charge in [-0.05, 0) is 15.9 Å². The topological polar surface area (TPSA) is 35.5 Å². The van der Waals surface area contributed by atoms with Crippen molar-refractivity contribution in [3.63, 3.8) is 0 Å². The zero-order chi connectivity index (χ0) is 6.41. The van der Waals surface area contributed by atoms with Crippen LogP contribution in [0.4, 0.5) is 4.79 Å². The first-order valence-corrected chi connectivity index (χ1v) is 2.93. The van der Waals surface area contributed by atoms with Crippen LogP contribution in [-0.2, 0) is 9.47 Å². The van der Waals surface area contributed by atoms with Gasteiger partial charge in [0.1, 0.15) is 5.52 Å². The third-order valence-electron chi connectivity index (χ3n) is 0.352. The number of halogens is 1. The van der Waals surface area contributed by atoms with Crippen LogP contribution in [0.2, 0.25) is 0 Å². The Morgan fingerprint density at radius 3 is 2.88 bits per heavy atom. The van der Waals surface area contributed by atoms with Gasteiger partial charge in [0.2, 0.25) is 0 Å². The normalized spacial score (nSPS) is 7.62. The second-order valence-electron chi connectivity index (χ2n) is 0.788. The van der Waals surface area contributed by atoms with Gasteiger partial charge in [-0.15, -0.1) is 0 Å². The fourth-order valence-corrected chi connectivity index (χ4v) is 0.334. The predicted octanol–water partition coefficient (Wildman–Crippen LogP) is 1.64. The fourth-order valence-electron chi connectivity index (χ4n) is 0.147. The molecular formula is C4H5BrO3. The molecule has 0 radical (unpaired) electrons. The summed E-state index contributed by atoms with van der Waals surface area (Å²) in [5.74, 6) is 0. The minimum Gasteiger partial charge on any atom is -0.422 e. The average Bonchev–Trinajstić information content (AvgIpc) is 1.68. The van der Waals surface area contributed by atoms with E-state index >= 15 is 0 Å². The molecule has 3 nitrogen and oxygen atoms in total. The number of rotatable bonds is 2. The van der Waals surface area contributed by atoms with Gasteiger partial charge in [0.15, 0.2) is 0 Å². The van der Waals surface area contributed by atoms with Gasteiger partial charge in [0, 0.05) is 0 Å². The largest absolute Gasteiger partial charge is 0.514 e. The summed E-state index contributed by atoms with van der Waals surface area (Å²) in [6.45, 7) is 3.14. The van der Waals surface area contributed by atoms with Crippen molar-refractivity contribution < 1.29 is 14.3 Å². The SMILES string of the molecule is C=COC(=O)OCBr. The van der Waals surface area contributed by atoms with Crippen LogP contribution >= 0.6 is 15.9 Å². The number of carbonyl (C=O) groups excluding carboxylic acids is 1. The highest BCUT2D eigenvalue weighted by Crippen LogP contribution is 1.87. The molecule has 0 aliphatic rings. The predicted molar refractivity (Wildman–Crippen MR) is 31.6 cm³/mol. The zero-order valence-electron chi connectivity index (χ0n) is 4.09. The van der Waals surface area contributed by atoms with Crippen molar-refractivity contribution in [3.05, 3.63) is 12.8 Å². The van der Waals surface area contributed by atoms with Crippen LogP contribution in [0, 0.1) is 0 Å². The van der Waals surface area contributed by atoms with Gasteiger partial charge < -0.3 is 9.47 Å². The van der Waals surface area contributed by atoms with Crippen LogP contribution in [0.15, 0.2) is 12.8 Å². The summed E-state index contributed by atoms with van der Waals surface area (Å²) in [5, 5.41) is 0. The Kier molecular flexibility index (Phi) is 4.35. The molecule has 4 heteroatoms. The van der Waals surface area contributed by atoms with Gasteiger partial charge in [-0.25, -0.2) is 4.79 Å². The molecule has 0 aliphatic carbocycles. The highest BCUT2D eigenvalue weighted by molar-refractivity contribution is 9.09. The molecule has 0 spiro atoms. The molecule has 0 heterocycles. The summed E-state index contributed by atoms with van der Waals surface area (Å²) >= 11 is 2.86. The molecule has 0 bridgehead atoms. The zero-order valence-corrected chi connectivity index (χ0v) is 5.68. The van der Waals surface area contributed by atoms with Gasteiger partial charge in [0.05, 0.1) is 6.26 Å². The molecule has 46 valence electrons. The molecule has 0 aromatic rings. The van der Waals surface area contributed by atoms with Gasteiger partial charge in [-0.3, -0.25) is 0 Å². The summed E-state index contributed by atoms with van der Waals surface area (Å²) < 4.78 is 8.42. The van der Waals surface area contributed by atoms with Crippen molar-refractivity contribution in [2.24, 2.45) is 0 Å². The minimum absolute atomic E-state index is 0.139. The van der Waals surface area contributed by atoms with Gasteiger partial charge >= 0.3 is 6.16 Å². The first-order valence-electron chi connectivity index (χ1n) is 1.81. The Hall–Kier alpha value is -0.510. The van der Waals surface area contributed by atoms with E-state index in [0.29, 0.717) is 0 Å². The molecule has 0 saturated heterocycles. The maximum Gasteiger partial charge on any atom is 0.514 e. The van der Waals surface area contributed by atoms with Crippen molar-refractivity contribution in [1.29, 1.82) is 0 Å². The summed E-state index contributed by atoms with van der Waals surface area (Å²) in [6, 6.07) is 0. The number of ether oxygens (including phenoxy) is 2. The van der Waals surface area contributed by atoms with Crippen molar-refractivity contribution in [2.45, 2.75) is 0 Å². The number of hydrogen-bond donors (Lipinski definition) is 0. The third kappa shape index (κ3) is 3.67. The number of carbonyl (C=O) groups is 1. The molecule has 8 heavy (non-hydrogen) atoms. The van der Waals surface area contributed by atoms with Crippen LogP contribution < -0.4 is 0 Å². The highest BCUT2D eigenvalue weighted by atomic mass is 79.9. The summed E-state index contributed by atoms with van der Waals surface area (Å²) in [7, 11) is 0. The quantitative estimate of drug-likeness (QED) is 0.369. The summed E-state index contributed by atoms with van der Waals surface area (Å²) in [6.07, 6.45) is 0.252. The van der Waals surface area contributed by atoms with E-state index in [-0.39, 0.29) is 5.52 Å². The molecule has 0 aliphatic heterocycles. The first kappa shape index (κ1) is 7.49. The smallest absolute Gasteiger partial charge is 0.422 e. The second kappa shape index (κ2) is 4.64. The lowest BCUT2D eigenvalue weighted by Gasteiger charge is -1.94. The van der Waals surface area contributed by atoms with Crippen molar-refractivity contribution in [2.75, 3.05) is 5.52 Å². The fraction of sp³-hybridized carbons (Fsp3) is 0.250. The lowest BCUT2D eigenvalue weighted by atomic mass is 11.1. The molecule has 0 saturated carbocycles. The summed E-state index contributed by atoms with van der Waals surface area (Å²) in [5.41, 5.74) is 0.139. The molecule has 0 aromatic carbocycles. The van der Waals surface area contributed by atoms with Crippen molar-refractivity contribution in [3.8, 4) is 0 Å². The number of hydrogen-bond acceptors (Lipinski definition) is 3. The van der Waals surface area contributed by atoms with Crippen LogP contribution in [0.3, 0.4) is 0 Å². The van der Waals surface area contributed by atoms with Crippen molar-refractivity contribution >= 4 is 22.1 Å². The van der Waals surface area contributed by atoms with Gasteiger partial charge in [-0.2, -0.15) is 0 Å². The van der Waals surface area contributed by atoms with E-state index < -0.39 is 6.16 Å². The third-order valence-corrected chi connectivity index (χ3v) is 0.581. The van der Waals surface area contributed by atoms with E-state index in [4.69, 9.17) is 0 Å². The Labute approximate surface area is 55.4 Å². The average molecular weight is 181 g/mol. The molecule has 0 unspecified atom stereocenters. The van der Waals surface area contributed by atoms with Gasteiger partial charge in [-0.1, -0.05) is 6.58 Å². The molecule has 0 atom stereocenters. The van der Waals surface area contributed by atoms with E-state index in [1.165, 1.54) is 0 Å². The van der Waals surface area contributed by atoms with Crippen LogP contribution in [0.1, 0.15) is 0 Å². The van der Waals surface area contributed by atoms with Crippen molar-refractivity contribution in [1.82, 2.24) is 0 Å². The van der Waals surface area contributed by atoms with Crippen LogP contribution in [0.25, 0.3) is 0 Å². The maximum absolute atomic E-state index is 10.1. The van der Waals surface area contributed by atoms with E-state index in [2.05, 4.69) is 32.0 Å². The van der Waals surface area contributed by atoms with E-state index in [1.54, 1.807) is 0 Å². The standard InChI is InChI=1S/C4H5BrO3/c1-2-7-4(6)8-3-5/h2H,1,3H2. The molecular weight excluding hydrogens is 176 g/mol. The Morgan fingerprint density at radius 1 is 1.88 bits per heavy atom. The second-order valence-corrected chi connectivity index (χ2v) is 1.25. The Morgan fingerprint density at radius 2 is 2.50 bits per heavy atom. The van der Waals surface area contributed by atoms with Gasteiger partial charge in [0.25, 0.3) is 0 Å². The molecule has 0 rings (SSSR count). The maximum atomic E-state index is 10.1. The number of alkyl halides is 1. The van der Waals surface area contributed by atoms with E-state index in [9.17, 15) is 4.79 Å². The van der Waals surface area contributed by atoms with Crippen LogP contribution in [0.5, 0.6) is 0 Å². The lowest BCUT2D eigenvalue weighted by Crippen LogP contribution is -2.00. The molecule has 0 amide bonds. The van der Waals surface area contributed by atoms with E-state index in [0.717, 1.165) is 6.26 Å². The van der Waals surface area contributed by atoms with Crippen LogP contribution in [-0.4, -0.2) is 11.7 Å². The van der Waals surface area contributed by atoms with E-state index in [1.807, 2.05) is 0 Å². The molecule has 0 aromatic heterocycles. The Bertz CT molecular complexity index is 91.3. The Balaban J connectivity index is 3.18. The highest BCUT2D eigenvalue weighted by Gasteiger charge is 1.95. The minimum atomic E-state index is -0.753. The monoisotopic (exact) mass is 180 g/mol. The summed E-state index contributed by atoms with van der Waals surface area (Å²) in [4.78, 5) is 10.1.